The van der Waals surface area contributed by atoms with Crippen LogP contribution >= 0.6 is 11.8 Å². The SMILES string of the molecule is CNc1cncc(C(=O)N(C)CCSC)n1. The van der Waals surface area contributed by atoms with Gasteiger partial charge in [0.05, 0.1) is 12.4 Å². The number of hydrogen-bond acceptors (Lipinski definition) is 5. The molecule has 0 aliphatic heterocycles. The molecule has 0 atom stereocenters. The van der Waals surface area contributed by atoms with Gasteiger partial charge in [0.15, 0.2) is 0 Å². The van der Waals surface area contributed by atoms with Gasteiger partial charge in [-0.1, -0.05) is 0 Å². The van der Waals surface area contributed by atoms with E-state index in [1.54, 1.807) is 37.0 Å². The molecular weight excluding hydrogens is 224 g/mol. The maximum Gasteiger partial charge on any atom is 0.273 e. The molecule has 16 heavy (non-hydrogen) atoms. The van der Waals surface area contributed by atoms with E-state index in [2.05, 4.69) is 15.3 Å². The fourth-order valence-corrected chi connectivity index (χ4v) is 1.57. The van der Waals surface area contributed by atoms with E-state index < -0.39 is 0 Å². The monoisotopic (exact) mass is 240 g/mol. The Hall–Kier alpha value is -1.30. The van der Waals surface area contributed by atoms with Gasteiger partial charge < -0.3 is 10.2 Å². The van der Waals surface area contributed by atoms with Crippen LogP contribution in [0.4, 0.5) is 5.82 Å². The lowest BCUT2D eigenvalue weighted by molar-refractivity contribution is 0.0797. The minimum absolute atomic E-state index is 0.0985. The van der Waals surface area contributed by atoms with Crippen LogP contribution in [0.3, 0.4) is 0 Å². The molecule has 1 amide bonds. The van der Waals surface area contributed by atoms with Crippen LogP contribution in [-0.4, -0.2) is 53.4 Å². The van der Waals surface area contributed by atoms with Crippen LogP contribution in [0.5, 0.6) is 0 Å². The fourth-order valence-electron chi connectivity index (χ4n) is 1.11. The van der Waals surface area contributed by atoms with Gasteiger partial charge in [0.2, 0.25) is 0 Å². The van der Waals surface area contributed by atoms with Gasteiger partial charge >= 0.3 is 0 Å². The quantitative estimate of drug-likeness (QED) is 0.830. The van der Waals surface area contributed by atoms with Gasteiger partial charge in [-0.05, 0) is 6.26 Å². The number of hydrogen-bond donors (Lipinski definition) is 1. The number of thioether (sulfide) groups is 1. The second-order valence-electron chi connectivity index (χ2n) is 3.26. The zero-order chi connectivity index (χ0) is 12.0. The molecule has 0 fully saturated rings. The van der Waals surface area contributed by atoms with Crippen LogP contribution in [0.15, 0.2) is 12.4 Å². The highest BCUT2D eigenvalue weighted by atomic mass is 32.2. The van der Waals surface area contributed by atoms with Crippen LogP contribution in [0.25, 0.3) is 0 Å². The van der Waals surface area contributed by atoms with E-state index in [0.29, 0.717) is 18.1 Å². The van der Waals surface area contributed by atoms with Crippen molar-refractivity contribution in [2.24, 2.45) is 0 Å². The molecule has 0 bridgehead atoms. The summed E-state index contributed by atoms with van der Waals surface area (Å²) in [6, 6.07) is 0. The first-order chi connectivity index (χ1) is 7.69. The largest absolute Gasteiger partial charge is 0.372 e. The molecular formula is C10H16N4OS. The molecule has 0 saturated heterocycles. The standard InChI is InChI=1S/C10H16N4OS/c1-11-9-7-12-6-8(13-9)10(15)14(2)4-5-16-3/h6-7H,4-5H2,1-3H3,(H,11,13). The molecule has 0 saturated carbocycles. The smallest absolute Gasteiger partial charge is 0.273 e. The third-order valence-electron chi connectivity index (χ3n) is 2.09. The maximum absolute atomic E-state index is 11.9. The van der Waals surface area contributed by atoms with E-state index >= 15 is 0 Å². The van der Waals surface area contributed by atoms with Crippen LogP contribution in [0.2, 0.25) is 0 Å². The lowest BCUT2D eigenvalue weighted by Gasteiger charge is -2.15. The zero-order valence-corrected chi connectivity index (χ0v) is 10.5. The number of carbonyl (C=O) groups excluding carboxylic acids is 1. The Morgan fingerprint density at radius 2 is 2.31 bits per heavy atom. The van der Waals surface area contributed by atoms with Crippen molar-refractivity contribution in [2.45, 2.75) is 0 Å². The first kappa shape index (κ1) is 12.8. The summed E-state index contributed by atoms with van der Waals surface area (Å²) in [5, 5.41) is 2.86. The van der Waals surface area contributed by atoms with Gasteiger partial charge in [-0.3, -0.25) is 9.78 Å². The van der Waals surface area contributed by atoms with Gasteiger partial charge in [0, 0.05) is 26.4 Å². The summed E-state index contributed by atoms with van der Waals surface area (Å²) in [5.74, 6) is 1.42. The molecule has 1 heterocycles. The number of anilines is 1. The Bertz CT molecular complexity index is 358. The summed E-state index contributed by atoms with van der Waals surface area (Å²) in [6.45, 7) is 0.714. The van der Waals surface area contributed by atoms with Crippen molar-refractivity contribution in [3.05, 3.63) is 18.1 Å². The maximum atomic E-state index is 11.9. The van der Waals surface area contributed by atoms with E-state index in [4.69, 9.17) is 0 Å². The van der Waals surface area contributed by atoms with Gasteiger partial charge in [-0.25, -0.2) is 4.98 Å². The van der Waals surface area contributed by atoms with E-state index in [1.807, 2.05) is 6.26 Å². The van der Waals surface area contributed by atoms with Crippen LogP contribution < -0.4 is 5.32 Å². The summed E-state index contributed by atoms with van der Waals surface area (Å²) < 4.78 is 0. The summed E-state index contributed by atoms with van der Waals surface area (Å²) >= 11 is 1.71. The molecule has 0 aromatic carbocycles. The number of nitrogens with one attached hydrogen (secondary N) is 1. The van der Waals surface area contributed by atoms with Crippen molar-refractivity contribution in [1.82, 2.24) is 14.9 Å². The number of carbonyl (C=O) groups is 1. The van der Waals surface area contributed by atoms with E-state index in [0.717, 1.165) is 5.75 Å². The minimum atomic E-state index is -0.0985. The molecule has 1 aromatic heterocycles. The molecule has 0 spiro atoms. The first-order valence-electron chi connectivity index (χ1n) is 4.93. The zero-order valence-electron chi connectivity index (χ0n) is 9.73. The normalized spacial score (nSPS) is 9.94. The van der Waals surface area contributed by atoms with Crippen molar-refractivity contribution >= 4 is 23.5 Å². The van der Waals surface area contributed by atoms with E-state index in [1.165, 1.54) is 6.20 Å². The topological polar surface area (TPSA) is 58.1 Å². The molecule has 1 N–H and O–H groups in total. The third kappa shape index (κ3) is 3.37. The predicted octanol–water partition coefficient (Wildman–Crippen LogP) is 0.953. The molecule has 0 aliphatic rings. The van der Waals surface area contributed by atoms with E-state index in [9.17, 15) is 4.79 Å². The first-order valence-corrected chi connectivity index (χ1v) is 6.32. The Morgan fingerprint density at radius 1 is 1.56 bits per heavy atom. The fraction of sp³-hybridized carbons (Fsp3) is 0.500. The number of rotatable bonds is 5. The van der Waals surface area contributed by atoms with Crippen molar-refractivity contribution in [3.8, 4) is 0 Å². The average Bonchev–Trinajstić information content (AvgIpc) is 2.35. The lowest BCUT2D eigenvalue weighted by atomic mass is 10.4. The highest BCUT2D eigenvalue weighted by molar-refractivity contribution is 7.98. The van der Waals surface area contributed by atoms with Gasteiger partial charge in [0.25, 0.3) is 5.91 Å². The summed E-state index contributed by atoms with van der Waals surface area (Å²) in [5.41, 5.74) is 0.371. The van der Waals surface area contributed by atoms with Crippen LogP contribution in [0.1, 0.15) is 10.5 Å². The van der Waals surface area contributed by atoms with Gasteiger partial charge in [-0.2, -0.15) is 11.8 Å². The highest BCUT2D eigenvalue weighted by Crippen LogP contribution is 2.04. The molecule has 1 aromatic rings. The molecule has 88 valence electrons. The number of amides is 1. The Balaban J connectivity index is 2.71. The van der Waals surface area contributed by atoms with Gasteiger partial charge in [-0.15, -0.1) is 0 Å². The van der Waals surface area contributed by atoms with E-state index in [-0.39, 0.29) is 5.91 Å². The summed E-state index contributed by atoms with van der Waals surface area (Å²) in [4.78, 5) is 21.7. The lowest BCUT2D eigenvalue weighted by Crippen LogP contribution is -2.29. The second kappa shape index (κ2) is 6.32. The average molecular weight is 240 g/mol. The van der Waals surface area contributed by atoms with Gasteiger partial charge in [0.1, 0.15) is 11.5 Å². The minimum Gasteiger partial charge on any atom is -0.372 e. The van der Waals surface area contributed by atoms with Crippen molar-refractivity contribution < 1.29 is 4.79 Å². The molecule has 5 nitrogen and oxygen atoms in total. The number of aromatic nitrogens is 2. The van der Waals surface area contributed by atoms with Crippen molar-refractivity contribution in [1.29, 1.82) is 0 Å². The predicted molar refractivity (Wildman–Crippen MR) is 66.9 cm³/mol. The highest BCUT2D eigenvalue weighted by Gasteiger charge is 2.13. The van der Waals surface area contributed by atoms with Crippen LogP contribution in [0, 0.1) is 0 Å². The summed E-state index contributed by atoms with van der Waals surface area (Å²) in [7, 11) is 3.52. The molecule has 1 rings (SSSR count). The summed E-state index contributed by atoms with van der Waals surface area (Å²) in [6.07, 6.45) is 5.08. The molecule has 0 aliphatic carbocycles. The van der Waals surface area contributed by atoms with Crippen molar-refractivity contribution in [2.75, 3.05) is 38.0 Å². The number of nitrogens with zero attached hydrogens (tertiary/aromatic N) is 3. The Morgan fingerprint density at radius 3 is 2.94 bits per heavy atom. The molecule has 0 radical (unpaired) electrons. The Labute approximate surface area is 99.7 Å². The molecule has 6 heteroatoms. The third-order valence-corrected chi connectivity index (χ3v) is 2.68. The Kier molecular flexibility index (Phi) is 5.04. The van der Waals surface area contributed by atoms with Crippen LogP contribution in [-0.2, 0) is 0 Å². The molecule has 0 unspecified atom stereocenters. The van der Waals surface area contributed by atoms with Crippen molar-refractivity contribution in [3.63, 3.8) is 0 Å². The second-order valence-corrected chi connectivity index (χ2v) is 4.24.